The number of carboxylic acid groups (broad SMARTS) is 1. The Morgan fingerprint density at radius 3 is 2.50 bits per heavy atom. The molecule has 0 saturated heterocycles. The van der Waals surface area contributed by atoms with Crippen molar-refractivity contribution in [2.75, 3.05) is 0 Å². The van der Waals surface area contributed by atoms with Crippen LogP contribution in [0.1, 0.15) is 32.1 Å². The molecule has 1 N–H and O–H groups in total. The van der Waals surface area contributed by atoms with Crippen LogP contribution in [0.3, 0.4) is 0 Å². The second-order valence-corrected chi connectivity index (χ2v) is 3.25. The molecule has 3 nitrogen and oxygen atoms in total. The first kappa shape index (κ1) is 9.01. The molecule has 0 unspecified atom stereocenters. The van der Waals surface area contributed by atoms with Gasteiger partial charge < -0.3 is 5.11 Å². The Labute approximate surface area is 71.1 Å². The first-order valence-electron chi connectivity index (χ1n) is 4.17. The normalized spacial score (nSPS) is 23.3. The van der Waals surface area contributed by atoms with Crippen LogP contribution in [-0.2, 0) is 9.59 Å². The van der Waals surface area contributed by atoms with E-state index in [-0.39, 0.29) is 12.3 Å². The van der Waals surface area contributed by atoms with Gasteiger partial charge in [0.1, 0.15) is 5.94 Å². The molecule has 0 aromatic heterocycles. The summed E-state index contributed by atoms with van der Waals surface area (Å²) < 4.78 is 0. The highest BCUT2D eigenvalue weighted by Gasteiger charge is 2.19. The summed E-state index contributed by atoms with van der Waals surface area (Å²) in [7, 11) is 0. The number of allylic oxidation sites excluding steroid dienone is 1. The second-order valence-electron chi connectivity index (χ2n) is 3.25. The molecule has 1 fully saturated rings. The van der Waals surface area contributed by atoms with Crippen LogP contribution in [0.4, 0.5) is 0 Å². The Morgan fingerprint density at radius 2 is 2.08 bits per heavy atom. The van der Waals surface area contributed by atoms with Gasteiger partial charge >= 0.3 is 5.97 Å². The molecule has 66 valence electrons. The lowest BCUT2D eigenvalue weighted by molar-refractivity contribution is -0.138. The number of carbonyl (C=O) groups is 1. The van der Waals surface area contributed by atoms with Gasteiger partial charge in [-0.25, -0.2) is 4.79 Å². The van der Waals surface area contributed by atoms with Crippen molar-refractivity contribution in [3.8, 4) is 0 Å². The highest BCUT2D eigenvalue weighted by molar-refractivity contribution is 5.67. The summed E-state index contributed by atoms with van der Waals surface area (Å²) in [6, 6.07) is 0. The minimum absolute atomic E-state index is 0.242. The largest absolute Gasteiger partial charge is 0.481 e. The van der Waals surface area contributed by atoms with E-state index in [1.165, 1.54) is 0 Å². The van der Waals surface area contributed by atoms with E-state index in [0.717, 1.165) is 31.3 Å². The van der Waals surface area contributed by atoms with Gasteiger partial charge in [0.15, 0.2) is 0 Å². The Bertz CT molecular complexity index is 216. The zero-order valence-corrected chi connectivity index (χ0v) is 6.88. The maximum Gasteiger partial charge on any atom is 0.303 e. The standard InChI is InChI=1S/C9H12O3/c10-6-8-3-1-7(2-4-8)5-9(11)12/h7H,1-5H2,(H,11,12). The van der Waals surface area contributed by atoms with Crippen molar-refractivity contribution in [1.82, 2.24) is 0 Å². The van der Waals surface area contributed by atoms with Gasteiger partial charge in [-0.1, -0.05) is 0 Å². The number of carboxylic acids is 1. The van der Waals surface area contributed by atoms with Gasteiger partial charge in [0.25, 0.3) is 0 Å². The molecule has 0 radical (unpaired) electrons. The summed E-state index contributed by atoms with van der Waals surface area (Å²) in [4.78, 5) is 20.5. The number of carbonyl (C=O) groups excluding carboxylic acids is 1. The van der Waals surface area contributed by atoms with Gasteiger partial charge in [-0.3, -0.25) is 4.79 Å². The molecular formula is C9H12O3. The topological polar surface area (TPSA) is 54.4 Å². The van der Waals surface area contributed by atoms with Crippen LogP contribution in [0.2, 0.25) is 0 Å². The minimum atomic E-state index is -0.737. The molecule has 0 atom stereocenters. The molecule has 1 rings (SSSR count). The molecule has 0 aromatic rings. The van der Waals surface area contributed by atoms with Crippen LogP contribution in [-0.4, -0.2) is 17.0 Å². The minimum Gasteiger partial charge on any atom is -0.481 e. The maximum absolute atomic E-state index is 10.3. The van der Waals surface area contributed by atoms with Gasteiger partial charge in [-0.05, 0) is 31.6 Å². The van der Waals surface area contributed by atoms with Crippen LogP contribution in [0.25, 0.3) is 0 Å². The van der Waals surface area contributed by atoms with Crippen molar-refractivity contribution in [3.63, 3.8) is 0 Å². The SMILES string of the molecule is O=C=C1CCC(CC(=O)O)CC1. The van der Waals surface area contributed by atoms with Crippen molar-refractivity contribution in [1.29, 1.82) is 0 Å². The van der Waals surface area contributed by atoms with Crippen LogP contribution in [0.5, 0.6) is 0 Å². The Kier molecular flexibility index (Phi) is 3.06. The summed E-state index contributed by atoms with van der Waals surface area (Å²) in [5.41, 5.74) is 0.816. The third-order valence-corrected chi connectivity index (χ3v) is 2.32. The monoisotopic (exact) mass is 168 g/mol. The van der Waals surface area contributed by atoms with Crippen LogP contribution < -0.4 is 0 Å². The number of hydrogen-bond acceptors (Lipinski definition) is 2. The lowest BCUT2D eigenvalue weighted by atomic mass is 9.84. The van der Waals surface area contributed by atoms with Crippen molar-refractivity contribution in [2.45, 2.75) is 32.1 Å². The summed E-state index contributed by atoms with van der Waals surface area (Å²) in [6.07, 6.45) is 3.38. The van der Waals surface area contributed by atoms with Crippen molar-refractivity contribution < 1.29 is 14.7 Å². The molecule has 0 aromatic carbocycles. The van der Waals surface area contributed by atoms with E-state index in [9.17, 15) is 9.59 Å². The molecule has 0 aliphatic heterocycles. The Morgan fingerprint density at radius 1 is 1.50 bits per heavy atom. The maximum atomic E-state index is 10.3. The predicted molar refractivity (Wildman–Crippen MR) is 43.4 cm³/mol. The van der Waals surface area contributed by atoms with Gasteiger partial charge in [0.2, 0.25) is 0 Å². The number of rotatable bonds is 2. The smallest absolute Gasteiger partial charge is 0.303 e. The fourth-order valence-corrected chi connectivity index (χ4v) is 1.58. The van der Waals surface area contributed by atoms with E-state index < -0.39 is 5.97 Å². The fraction of sp³-hybridized carbons (Fsp3) is 0.667. The molecular weight excluding hydrogens is 156 g/mol. The van der Waals surface area contributed by atoms with E-state index in [1.807, 2.05) is 5.94 Å². The quantitative estimate of drug-likeness (QED) is 0.634. The Balaban J connectivity index is 2.36. The molecule has 1 aliphatic carbocycles. The van der Waals surface area contributed by atoms with E-state index in [1.54, 1.807) is 0 Å². The van der Waals surface area contributed by atoms with E-state index in [0.29, 0.717) is 0 Å². The van der Waals surface area contributed by atoms with Crippen LogP contribution >= 0.6 is 0 Å². The number of hydrogen-bond donors (Lipinski definition) is 1. The molecule has 12 heavy (non-hydrogen) atoms. The highest BCUT2D eigenvalue weighted by Crippen LogP contribution is 2.28. The molecule has 3 heteroatoms. The first-order valence-corrected chi connectivity index (χ1v) is 4.17. The molecule has 0 bridgehead atoms. The molecule has 0 heterocycles. The summed E-state index contributed by atoms with van der Waals surface area (Å²) in [5.74, 6) is 1.42. The van der Waals surface area contributed by atoms with Gasteiger partial charge in [-0.15, -0.1) is 0 Å². The van der Waals surface area contributed by atoms with Crippen LogP contribution in [0, 0.1) is 5.92 Å². The average molecular weight is 168 g/mol. The lowest BCUT2D eigenvalue weighted by Crippen LogP contribution is -2.12. The summed E-state index contributed by atoms with van der Waals surface area (Å²) in [6.45, 7) is 0. The molecule has 0 spiro atoms. The van der Waals surface area contributed by atoms with Crippen LogP contribution in [0.15, 0.2) is 5.57 Å². The summed E-state index contributed by atoms with van der Waals surface area (Å²) in [5, 5.41) is 8.50. The highest BCUT2D eigenvalue weighted by atomic mass is 16.4. The first-order chi connectivity index (χ1) is 5.72. The van der Waals surface area contributed by atoms with Gasteiger partial charge in [-0.2, -0.15) is 0 Å². The fourth-order valence-electron chi connectivity index (χ4n) is 1.58. The molecule has 1 saturated carbocycles. The zero-order valence-electron chi connectivity index (χ0n) is 6.88. The molecule has 0 amide bonds. The van der Waals surface area contributed by atoms with Gasteiger partial charge in [0, 0.05) is 12.0 Å². The predicted octanol–water partition coefficient (Wildman–Crippen LogP) is 1.41. The van der Waals surface area contributed by atoms with E-state index in [4.69, 9.17) is 5.11 Å². The molecule has 1 aliphatic rings. The van der Waals surface area contributed by atoms with Gasteiger partial charge in [0.05, 0.1) is 0 Å². The lowest BCUT2D eigenvalue weighted by Gasteiger charge is -2.19. The zero-order chi connectivity index (χ0) is 8.97. The van der Waals surface area contributed by atoms with Crippen molar-refractivity contribution >= 4 is 11.9 Å². The third kappa shape index (κ3) is 2.51. The average Bonchev–Trinajstić information content (AvgIpc) is 2.05. The van der Waals surface area contributed by atoms with Crippen molar-refractivity contribution in [2.24, 2.45) is 5.92 Å². The summed E-state index contributed by atoms with van der Waals surface area (Å²) >= 11 is 0. The number of aliphatic carboxylic acids is 1. The second kappa shape index (κ2) is 4.07. The van der Waals surface area contributed by atoms with Crippen molar-refractivity contribution in [3.05, 3.63) is 5.57 Å². The Hall–Kier alpha value is -1.08. The van der Waals surface area contributed by atoms with E-state index in [2.05, 4.69) is 0 Å². The van der Waals surface area contributed by atoms with E-state index >= 15 is 0 Å². The third-order valence-electron chi connectivity index (χ3n) is 2.32.